The maximum atomic E-state index is 13.9. The van der Waals surface area contributed by atoms with E-state index in [9.17, 15) is 4.39 Å². The normalized spacial score (nSPS) is 17.5. The Morgan fingerprint density at radius 3 is 3.07 bits per heavy atom. The van der Waals surface area contributed by atoms with E-state index in [0.29, 0.717) is 24.9 Å². The van der Waals surface area contributed by atoms with E-state index in [0.717, 1.165) is 24.4 Å². The third-order valence-electron chi connectivity index (χ3n) is 4.59. The Bertz CT molecular complexity index is 953. The molecule has 1 aliphatic heterocycles. The van der Waals surface area contributed by atoms with Gasteiger partial charge in [-0.05, 0) is 30.7 Å². The van der Waals surface area contributed by atoms with Gasteiger partial charge in [0.15, 0.2) is 29.1 Å². The lowest BCUT2D eigenvalue weighted by atomic mass is 10.3. The Labute approximate surface area is 156 Å². The highest BCUT2D eigenvalue weighted by atomic mass is 19.1. The summed E-state index contributed by atoms with van der Waals surface area (Å²) in [6, 6.07) is 8.98. The first-order chi connectivity index (χ1) is 13.2. The van der Waals surface area contributed by atoms with Crippen molar-refractivity contribution in [3.8, 4) is 0 Å². The fraction of sp³-hybridized carbons (Fsp3) is 0.333. The van der Waals surface area contributed by atoms with Crippen molar-refractivity contribution < 1.29 is 4.39 Å². The summed E-state index contributed by atoms with van der Waals surface area (Å²) in [5.41, 5.74) is 0.807. The molecule has 1 unspecified atom stereocenters. The molecule has 0 radical (unpaired) electrons. The fourth-order valence-corrected chi connectivity index (χ4v) is 3.24. The van der Waals surface area contributed by atoms with Gasteiger partial charge in [-0.25, -0.2) is 9.37 Å². The molecule has 4 heterocycles. The van der Waals surface area contributed by atoms with Gasteiger partial charge in [0.05, 0.1) is 6.54 Å². The van der Waals surface area contributed by atoms with Crippen LogP contribution in [0.15, 0.2) is 47.7 Å². The van der Waals surface area contributed by atoms with Crippen LogP contribution in [0.5, 0.6) is 0 Å². The predicted octanol–water partition coefficient (Wildman–Crippen LogP) is 1.21. The van der Waals surface area contributed by atoms with Crippen molar-refractivity contribution in [1.29, 1.82) is 0 Å². The Morgan fingerprint density at radius 2 is 2.22 bits per heavy atom. The number of guanidine groups is 1. The quantitative estimate of drug-likeness (QED) is 0.532. The third kappa shape index (κ3) is 3.67. The zero-order valence-electron chi connectivity index (χ0n) is 15.0. The van der Waals surface area contributed by atoms with Crippen LogP contribution in [0.4, 0.5) is 10.2 Å². The highest BCUT2D eigenvalue weighted by Gasteiger charge is 2.26. The molecule has 3 aromatic heterocycles. The van der Waals surface area contributed by atoms with Crippen LogP contribution in [0.3, 0.4) is 0 Å². The van der Waals surface area contributed by atoms with Gasteiger partial charge in [-0.15, -0.1) is 10.2 Å². The Hall–Kier alpha value is -3.23. The molecule has 140 valence electrons. The molecule has 1 aliphatic rings. The maximum absolute atomic E-state index is 13.9. The summed E-state index contributed by atoms with van der Waals surface area (Å²) in [7, 11) is 1.72. The minimum Gasteiger partial charge on any atom is -0.352 e. The zero-order valence-corrected chi connectivity index (χ0v) is 15.0. The summed E-state index contributed by atoms with van der Waals surface area (Å²) >= 11 is 0. The van der Waals surface area contributed by atoms with E-state index in [1.807, 2.05) is 33.7 Å². The summed E-state index contributed by atoms with van der Waals surface area (Å²) in [6.07, 6.45) is 4.42. The van der Waals surface area contributed by atoms with Crippen LogP contribution in [-0.2, 0) is 6.54 Å². The zero-order chi connectivity index (χ0) is 18.6. The summed E-state index contributed by atoms with van der Waals surface area (Å²) < 4.78 is 15.9. The summed E-state index contributed by atoms with van der Waals surface area (Å²) in [5.74, 6) is 1.59. The molecule has 3 aromatic rings. The molecule has 9 heteroatoms. The topological polar surface area (TPSA) is 82.7 Å². The second-order valence-corrected chi connectivity index (χ2v) is 6.36. The third-order valence-corrected chi connectivity index (χ3v) is 4.59. The van der Waals surface area contributed by atoms with Gasteiger partial charge in [-0.2, -0.15) is 0 Å². The van der Waals surface area contributed by atoms with E-state index in [1.54, 1.807) is 19.3 Å². The molecule has 0 saturated carbocycles. The number of anilines is 1. The smallest absolute Gasteiger partial charge is 0.191 e. The molecule has 0 bridgehead atoms. The lowest BCUT2D eigenvalue weighted by molar-refractivity contribution is 0.612. The van der Waals surface area contributed by atoms with Crippen molar-refractivity contribution in [3.63, 3.8) is 0 Å². The summed E-state index contributed by atoms with van der Waals surface area (Å²) in [5, 5.41) is 15.0. The van der Waals surface area contributed by atoms with Crippen molar-refractivity contribution in [1.82, 2.24) is 30.2 Å². The van der Waals surface area contributed by atoms with Crippen LogP contribution in [0.2, 0.25) is 0 Å². The fourth-order valence-electron chi connectivity index (χ4n) is 3.24. The van der Waals surface area contributed by atoms with Crippen molar-refractivity contribution in [3.05, 3.63) is 54.4 Å². The van der Waals surface area contributed by atoms with Gasteiger partial charge in [0.1, 0.15) is 0 Å². The molecular weight excluding hydrogens is 347 g/mol. The minimum absolute atomic E-state index is 0.160. The second kappa shape index (κ2) is 7.56. The monoisotopic (exact) mass is 368 g/mol. The highest BCUT2D eigenvalue weighted by molar-refractivity contribution is 5.80. The van der Waals surface area contributed by atoms with Crippen LogP contribution in [-0.4, -0.2) is 51.7 Å². The second-order valence-electron chi connectivity index (χ2n) is 6.36. The maximum Gasteiger partial charge on any atom is 0.191 e. The Kier molecular flexibility index (Phi) is 4.82. The standard InChI is InChI=1S/C18H21FN8/c1-20-18(22-11-16-25-24-15-6-2-3-9-27(15)16)23-13-7-10-26(12-13)17-14(19)5-4-8-21-17/h2-6,8-9,13H,7,10-12H2,1H3,(H2,20,22,23). The van der Waals surface area contributed by atoms with Crippen molar-refractivity contribution >= 4 is 17.4 Å². The number of hydrogen-bond acceptors (Lipinski definition) is 5. The lowest BCUT2D eigenvalue weighted by Gasteiger charge is -2.19. The molecular formula is C18H21FN8. The van der Waals surface area contributed by atoms with Crippen molar-refractivity contribution in [2.75, 3.05) is 25.0 Å². The van der Waals surface area contributed by atoms with Gasteiger partial charge < -0.3 is 15.5 Å². The first-order valence-corrected chi connectivity index (χ1v) is 8.86. The van der Waals surface area contributed by atoms with Crippen LogP contribution in [0.25, 0.3) is 5.65 Å². The van der Waals surface area contributed by atoms with Crippen LogP contribution >= 0.6 is 0 Å². The number of aromatic nitrogens is 4. The minimum atomic E-state index is -0.292. The first kappa shape index (κ1) is 17.2. The summed E-state index contributed by atoms with van der Waals surface area (Å²) in [4.78, 5) is 10.4. The average molecular weight is 368 g/mol. The molecule has 0 amide bonds. The van der Waals surface area contributed by atoms with Gasteiger partial charge in [0.2, 0.25) is 0 Å². The van der Waals surface area contributed by atoms with E-state index >= 15 is 0 Å². The SMILES string of the molecule is CN=C(NCc1nnc2ccccn12)NC1CCN(c2ncccc2F)C1. The molecule has 27 heavy (non-hydrogen) atoms. The largest absolute Gasteiger partial charge is 0.352 e. The summed E-state index contributed by atoms with van der Waals surface area (Å²) in [6.45, 7) is 1.91. The van der Waals surface area contributed by atoms with Gasteiger partial charge in [-0.3, -0.25) is 9.39 Å². The Balaban J connectivity index is 1.35. The molecule has 1 atom stereocenters. The molecule has 0 aliphatic carbocycles. The number of nitrogens with one attached hydrogen (secondary N) is 2. The number of halogens is 1. The molecule has 1 saturated heterocycles. The molecule has 4 rings (SSSR count). The van der Waals surface area contributed by atoms with Gasteiger partial charge in [0.25, 0.3) is 0 Å². The first-order valence-electron chi connectivity index (χ1n) is 8.86. The number of nitrogens with zero attached hydrogens (tertiary/aromatic N) is 6. The molecule has 8 nitrogen and oxygen atoms in total. The number of aliphatic imine (C=N–C) groups is 1. The van der Waals surface area contributed by atoms with Gasteiger partial charge >= 0.3 is 0 Å². The number of fused-ring (bicyclic) bond motifs is 1. The van der Waals surface area contributed by atoms with E-state index in [-0.39, 0.29) is 11.9 Å². The lowest BCUT2D eigenvalue weighted by Crippen LogP contribution is -2.44. The molecule has 1 fully saturated rings. The van der Waals surface area contributed by atoms with E-state index in [2.05, 4.69) is 30.8 Å². The van der Waals surface area contributed by atoms with Crippen molar-refractivity contribution in [2.24, 2.45) is 4.99 Å². The predicted molar refractivity (Wildman–Crippen MR) is 101 cm³/mol. The number of pyridine rings is 2. The number of rotatable bonds is 4. The van der Waals surface area contributed by atoms with E-state index < -0.39 is 0 Å². The van der Waals surface area contributed by atoms with E-state index in [4.69, 9.17) is 0 Å². The van der Waals surface area contributed by atoms with Crippen LogP contribution in [0.1, 0.15) is 12.2 Å². The molecule has 0 spiro atoms. The van der Waals surface area contributed by atoms with E-state index in [1.165, 1.54) is 6.07 Å². The van der Waals surface area contributed by atoms with Gasteiger partial charge in [-0.1, -0.05) is 6.07 Å². The number of hydrogen-bond donors (Lipinski definition) is 2. The van der Waals surface area contributed by atoms with Crippen molar-refractivity contribution in [2.45, 2.75) is 19.0 Å². The van der Waals surface area contributed by atoms with Crippen LogP contribution < -0.4 is 15.5 Å². The van der Waals surface area contributed by atoms with Gasteiger partial charge in [0, 0.05) is 38.6 Å². The highest BCUT2D eigenvalue weighted by Crippen LogP contribution is 2.20. The molecule has 2 N–H and O–H groups in total. The Morgan fingerprint density at radius 1 is 1.30 bits per heavy atom. The molecule has 0 aromatic carbocycles. The average Bonchev–Trinajstić information content (AvgIpc) is 3.32. The van der Waals surface area contributed by atoms with Crippen LogP contribution in [0, 0.1) is 5.82 Å².